The molecule has 204 valence electrons. The number of benzene rings is 2. The second-order valence-corrected chi connectivity index (χ2v) is 11.8. The zero-order valence-electron chi connectivity index (χ0n) is 21.9. The van der Waals surface area contributed by atoms with Crippen molar-refractivity contribution >= 4 is 27.6 Å². The van der Waals surface area contributed by atoms with E-state index in [0.717, 1.165) is 16.7 Å². The lowest BCUT2D eigenvalue weighted by Crippen LogP contribution is -2.40. The van der Waals surface area contributed by atoms with Crippen LogP contribution in [0, 0.1) is 0 Å². The number of rotatable bonds is 9. The standard InChI is InChI=1S/C29H28N6O4S/c1-2-39-26-18-30-17-24(33-26)20-7-9-21(10-8-20)32-27(36)29(15-13-19-5-3-4-6-23(19)29)25-14-16-31-28(34-25)35-40(37,38)22-11-12-22/h3-10,14,16-18,22H,2,11-13,15H2,1H3,(H,32,36)(H,31,34,35). The van der Waals surface area contributed by atoms with Crippen LogP contribution < -0.4 is 14.8 Å². The molecule has 6 rings (SSSR count). The zero-order valence-corrected chi connectivity index (χ0v) is 22.7. The van der Waals surface area contributed by atoms with E-state index in [-0.39, 0.29) is 11.9 Å². The van der Waals surface area contributed by atoms with Crippen LogP contribution in [0.4, 0.5) is 11.6 Å². The zero-order chi connectivity index (χ0) is 27.7. The first-order valence-corrected chi connectivity index (χ1v) is 14.7. The molecule has 4 aromatic rings. The number of anilines is 2. The summed E-state index contributed by atoms with van der Waals surface area (Å²) in [6.07, 6.45) is 7.14. The van der Waals surface area contributed by atoms with E-state index in [4.69, 9.17) is 4.74 Å². The first-order valence-electron chi connectivity index (χ1n) is 13.2. The van der Waals surface area contributed by atoms with Crippen LogP contribution in [0.15, 0.2) is 73.2 Å². The van der Waals surface area contributed by atoms with Crippen LogP contribution in [0.3, 0.4) is 0 Å². The second kappa shape index (κ2) is 10.3. The van der Waals surface area contributed by atoms with E-state index < -0.39 is 20.7 Å². The molecule has 40 heavy (non-hydrogen) atoms. The summed E-state index contributed by atoms with van der Waals surface area (Å²) in [5, 5.41) is 2.65. The Hall–Kier alpha value is -4.38. The Bertz CT molecular complexity index is 1670. The maximum atomic E-state index is 14.1. The molecular formula is C29H28N6O4S. The van der Waals surface area contributed by atoms with Crippen LogP contribution in [0.25, 0.3) is 11.3 Å². The molecule has 2 aliphatic rings. The molecule has 0 spiro atoms. The molecule has 2 aliphatic carbocycles. The second-order valence-electron chi connectivity index (χ2n) is 9.88. The van der Waals surface area contributed by atoms with E-state index in [0.29, 0.717) is 55.2 Å². The van der Waals surface area contributed by atoms with Crippen molar-refractivity contribution < 1.29 is 17.9 Å². The Morgan fingerprint density at radius 1 is 1.05 bits per heavy atom. The van der Waals surface area contributed by atoms with Gasteiger partial charge in [-0.15, -0.1) is 0 Å². The van der Waals surface area contributed by atoms with Gasteiger partial charge in [0.05, 0.1) is 35.6 Å². The Labute approximate surface area is 232 Å². The molecule has 10 nitrogen and oxygen atoms in total. The number of aryl methyl sites for hydroxylation is 1. The largest absolute Gasteiger partial charge is 0.477 e. The molecule has 2 heterocycles. The number of ether oxygens (including phenoxy) is 1. The summed E-state index contributed by atoms with van der Waals surface area (Å²) in [6.45, 7) is 2.38. The number of sulfonamides is 1. The molecule has 0 radical (unpaired) electrons. The summed E-state index contributed by atoms with van der Waals surface area (Å²) in [7, 11) is -3.56. The number of amides is 1. The predicted molar refractivity (Wildman–Crippen MR) is 150 cm³/mol. The van der Waals surface area contributed by atoms with Gasteiger partial charge in [0.1, 0.15) is 5.41 Å². The Balaban J connectivity index is 1.31. The lowest BCUT2D eigenvalue weighted by molar-refractivity contribution is -0.120. The van der Waals surface area contributed by atoms with Crippen molar-refractivity contribution in [2.75, 3.05) is 16.6 Å². The molecular weight excluding hydrogens is 528 g/mol. The van der Waals surface area contributed by atoms with E-state index in [1.54, 1.807) is 18.5 Å². The van der Waals surface area contributed by atoms with Crippen LogP contribution in [0.2, 0.25) is 0 Å². The smallest absolute Gasteiger partial charge is 0.241 e. The van der Waals surface area contributed by atoms with Gasteiger partial charge in [-0.05, 0) is 61.9 Å². The van der Waals surface area contributed by atoms with Crippen molar-refractivity contribution in [3.8, 4) is 17.1 Å². The Kier molecular flexibility index (Phi) is 6.67. The molecule has 2 aromatic carbocycles. The molecule has 1 unspecified atom stereocenters. The van der Waals surface area contributed by atoms with E-state index in [1.165, 1.54) is 6.20 Å². The minimum Gasteiger partial charge on any atom is -0.477 e. The van der Waals surface area contributed by atoms with Crippen LogP contribution in [0.1, 0.15) is 43.0 Å². The van der Waals surface area contributed by atoms with Crippen LogP contribution in [-0.2, 0) is 26.7 Å². The number of nitrogens with zero attached hydrogens (tertiary/aromatic N) is 4. The van der Waals surface area contributed by atoms with E-state index in [2.05, 4.69) is 30.0 Å². The van der Waals surface area contributed by atoms with Gasteiger partial charge in [-0.2, -0.15) is 0 Å². The van der Waals surface area contributed by atoms with Gasteiger partial charge >= 0.3 is 0 Å². The summed E-state index contributed by atoms with van der Waals surface area (Å²) in [6, 6.07) is 16.8. The van der Waals surface area contributed by atoms with Gasteiger partial charge in [0.25, 0.3) is 0 Å². The van der Waals surface area contributed by atoms with E-state index in [9.17, 15) is 13.2 Å². The van der Waals surface area contributed by atoms with Crippen molar-refractivity contribution in [1.29, 1.82) is 0 Å². The van der Waals surface area contributed by atoms with Gasteiger partial charge in [-0.1, -0.05) is 36.4 Å². The fourth-order valence-electron chi connectivity index (χ4n) is 5.13. The van der Waals surface area contributed by atoms with Crippen LogP contribution in [-0.4, -0.2) is 46.1 Å². The third-order valence-corrected chi connectivity index (χ3v) is 9.08. The van der Waals surface area contributed by atoms with Crippen molar-refractivity contribution in [2.24, 2.45) is 0 Å². The number of nitrogens with one attached hydrogen (secondary N) is 2. The highest BCUT2D eigenvalue weighted by Crippen LogP contribution is 2.44. The fourth-order valence-corrected chi connectivity index (χ4v) is 6.41. The summed E-state index contributed by atoms with van der Waals surface area (Å²) in [4.78, 5) is 31.5. The number of hydrogen-bond donors (Lipinski definition) is 2. The number of aromatic nitrogens is 4. The number of fused-ring (bicyclic) bond motifs is 1. The molecule has 2 N–H and O–H groups in total. The van der Waals surface area contributed by atoms with E-state index in [1.807, 2.05) is 55.5 Å². The number of carbonyl (C=O) groups excluding carboxylic acids is 1. The monoisotopic (exact) mass is 556 g/mol. The molecule has 1 saturated carbocycles. The van der Waals surface area contributed by atoms with Gasteiger partial charge in [0, 0.05) is 17.4 Å². The SMILES string of the molecule is CCOc1cncc(-c2ccc(NC(=O)C3(c4ccnc(NS(=O)(=O)C5CC5)n4)CCc4ccccc43)cc2)n1. The van der Waals surface area contributed by atoms with Crippen LogP contribution in [0.5, 0.6) is 5.88 Å². The molecule has 1 fully saturated rings. The van der Waals surface area contributed by atoms with Gasteiger partial charge in [-0.3, -0.25) is 14.5 Å². The highest BCUT2D eigenvalue weighted by Gasteiger charge is 2.48. The summed E-state index contributed by atoms with van der Waals surface area (Å²) < 4.78 is 33.0. The topological polar surface area (TPSA) is 136 Å². The molecule has 2 aromatic heterocycles. The Morgan fingerprint density at radius 2 is 1.85 bits per heavy atom. The quantitative estimate of drug-likeness (QED) is 0.314. The van der Waals surface area contributed by atoms with Crippen LogP contribution >= 0.6 is 0 Å². The van der Waals surface area contributed by atoms with Crippen molar-refractivity contribution in [2.45, 2.75) is 43.3 Å². The van der Waals surface area contributed by atoms with Gasteiger partial charge in [0.2, 0.25) is 27.8 Å². The lowest BCUT2D eigenvalue weighted by Gasteiger charge is -2.29. The van der Waals surface area contributed by atoms with Gasteiger partial charge < -0.3 is 10.1 Å². The molecule has 1 amide bonds. The minimum atomic E-state index is -3.56. The Morgan fingerprint density at radius 3 is 2.62 bits per heavy atom. The summed E-state index contributed by atoms with van der Waals surface area (Å²) in [5.41, 5.74) is 3.33. The first-order chi connectivity index (χ1) is 19.4. The lowest BCUT2D eigenvalue weighted by atomic mass is 9.77. The molecule has 11 heteroatoms. The highest BCUT2D eigenvalue weighted by atomic mass is 32.2. The average Bonchev–Trinajstić information content (AvgIpc) is 3.76. The number of carbonyl (C=O) groups is 1. The maximum absolute atomic E-state index is 14.1. The predicted octanol–water partition coefficient (Wildman–Crippen LogP) is 4.11. The average molecular weight is 557 g/mol. The first kappa shape index (κ1) is 25.9. The number of hydrogen-bond acceptors (Lipinski definition) is 8. The molecule has 0 saturated heterocycles. The summed E-state index contributed by atoms with van der Waals surface area (Å²) in [5.74, 6) is 0.168. The molecule has 0 aliphatic heterocycles. The highest BCUT2D eigenvalue weighted by molar-refractivity contribution is 7.93. The van der Waals surface area contributed by atoms with Crippen molar-refractivity contribution in [3.63, 3.8) is 0 Å². The fraction of sp³-hybridized carbons (Fsp3) is 0.276. The minimum absolute atomic E-state index is 0.0271. The third kappa shape index (κ3) is 4.88. The molecule has 1 atom stereocenters. The van der Waals surface area contributed by atoms with Gasteiger partial charge in [0.15, 0.2) is 0 Å². The molecule has 0 bridgehead atoms. The van der Waals surface area contributed by atoms with Crippen molar-refractivity contribution in [3.05, 3.63) is 90.0 Å². The summed E-state index contributed by atoms with van der Waals surface area (Å²) >= 11 is 0. The van der Waals surface area contributed by atoms with Gasteiger partial charge in [-0.25, -0.2) is 23.4 Å². The third-order valence-electron chi connectivity index (χ3n) is 7.27. The normalized spacial score (nSPS) is 18.1. The van der Waals surface area contributed by atoms with Crippen molar-refractivity contribution in [1.82, 2.24) is 19.9 Å². The maximum Gasteiger partial charge on any atom is 0.241 e. The van der Waals surface area contributed by atoms with E-state index >= 15 is 0 Å².